The van der Waals surface area contributed by atoms with Gasteiger partial charge in [0.2, 0.25) is 0 Å². The van der Waals surface area contributed by atoms with Crippen LogP contribution in [0.2, 0.25) is 0 Å². The molecule has 1 aliphatic carbocycles. The maximum atomic E-state index is 12.6. The Morgan fingerprint density at radius 2 is 2.09 bits per heavy atom. The lowest BCUT2D eigenvalue weighted by Gasteiger charge is -2.49. The summed E-state index contributed by atoms with van der Waals surface area (Å²) in [4.78, 5) is 12.6. The van der Waals surface area contributed by atoms with E-state index >= 15 is 0 Å². The van der Waals surface area contributed by atoms with E-state index in [9.17, 15) is 9.90 Å². The van der Waals surface area contributed by atoms with Crippen LogP contribution in [0.4, 0.5) is 0 Å². The summed E-state index contributed by atoms with van der Waals surface area (Å²) in [5.74, 6) is -1.03. The molecule has 0 heterocycles. The molecule has 126 valence electrons. The van der Waals surface area contributed by atoms with Crippen molar-refractivity contribution in [1.29, 1.82) is 0 Å². The zero-order chi connectivity index (χ0) is 16.9. The molecular formula is C19H26O4. The predicted molar refractivity (Wildman–Crippen MR) is 88.9 cm³/mol. The van der Waals surface area contributed by atoms with E-state index < -0.39 is 17.2 Å². The molecule has 0 aliphatic heterocycles. The topological polar surface area (TPSA) is 55.8 Å². The van der Waals surface area contributed by atoms with Crippen LogP contribution < -0.4 is 0 Å². The molecule has 4 nitrogen and oxygen atoms in total. The average molecular weight is 318 g/mol. The number of carbonyl (C=O) groups is 1. The van der Waals surface area contributed by atoms with Crippen LogP contribution in [0.25, 0.3) is 0 Å². The Kier molecular flexibility index (Phi) is 5.60. The zero-order valence-corrected chi connectivity index (χ0v) is 14.0. The summed E-state index contributed by atoms with van der Waals surface area (Å²) in [6.07, 6.45) is 5.81. The lowest BCUT2D eigenvalue weighted by molar-refractivity contribution is -0.197. The third-order valence-corrected chi connectivity index (χ3v) is 5.09. The number of rotatable bonds is 6. The van der Waals surface area contributed by atoms with Crippen molar-refractivity contribution in [2.75, 3.05) is 14.2 Å². The lowest BCUT2D eigenvalue weighted by atomic mass is 9.63. The number of benzene rings is 1. The number of carbonyl (C=O) groups excluding carboxylic acids is 1. The molecular weight excluding hydrogens is 292 g/mol. The summed E-state index contributed by atoms with van der Waals surface area (Å²) in [5.41, 5.74) is -1.79. The van der Waals surface area contributed by atoms with Gasteiger partial charge in [0.15, 0.2) is 5.60 Å². The first-order chi connectivity index (χ1) is 11.0. The van der Waals surface area contributed by atoms with Crippen molar-refractivity contribution in [2.24, 2.45) is 5.92 Å². The van der Waals surface area contributed by atoms with Gasteiger partial charge in [0, 0.05) is 13.0 Å². The highest BCUT2D eigenvalue weighted by Crippen LogP contribution is 2.49. The van der Waals surface area contributed by atoms with Gasteiger partial charge < -0.3 is 14.6 Å². The SMILES string of the molecule is C=CC[C@]1(OC)CCCC[C@H]1[C@](O)(C(=O)OC)c1ccccc1. The molecule has 0 spiro atoms. The molecule has 1 saturated carbocycles. The normalized spacial score (nSPS) is 27.0. The predicted octanol–water partition coefficient (Wildman–Crippen LogP) is 3.20. The van der Waals surface area contributed by atoms with Gasteiger partial charge in [0.05, 0.1) is 12.7 Å². The summed E-state index contributed by atoms with van der Waals surface area (Å²) in [6, 6.07) is 9.01. The quantitative estimate of drug-likeness (QED) is 0.646. The monoisotopic (exact) mass is 318 g/mol. The molecule has 0 aromatic heterocycles. The lowest BCUT2D eigenvalue weighted by Crippen LogP contribution is -2.56. The Labute approximate surface area is 138 Å². The first-order valence-electron chi connectivity index (χ1n) is 8.07. The fourth-order valence-electron chi connectivity index (χ4n) is 3.92. The Hall–Kier alpha value is -1.65. The first-order valence-corrected chi connectivity index (χ1v) is 8.07. The van der Waals surface area contributed by atoms with Crippen LogP contribution in [-0.4, -0.2) is 30.9 Å². The smallest absolute Gasteiger partial charge is 0.342 e. The summed E-state index contributed by atoms with van der Waals surface area (Å²) in [5, 5.41) is 11.5. The second kappa shape index (κ2) is 7.28. The average Bonchev–Trinajstić information content (AvgIpc) is 2.61. The van der Waals surface area contributed by atoms with Crippen molar-refractivity contribution in [2.45, 2.75) is 43.3 Å². The van der Waals surface area contributed by atoms with Gasteiger partial charge in [-0.2, -0.15) is 0 Å². The number of aliphatic hydroxyl groups is 1. The Balaban J connectivity index is 2.57. The van der Waals surface area contributed by atoms with Gasteiger partial charge in [-0.3, -0.25) is 0 Å². The molecule has 0 saturated heterocycles. The summed E-state index contributed by atoms with van der Waals surface area (Å²) in [6.45, 7) is 3.82. The van der Waals surface area contributed by atoms with E-state index in [2.05, 4.69) is 6.58 Å². The Bertz CT molecular complexity index is 542. The third kappa shape index (κ3) is 3.06. The van der Waals surface area contributed by atoms with Crippen molar-refractivity contribution in [3.05, 3.63) is 48.6 Å². The minimum absolute atomic E-state index is 0.387. The molecule has 1 aromatic rings. The number of ether oxygens (including phenoxy) is 2. The second-order valence-corrected chi connectivity index (χ2v) is 6.18. The number of methoxy groups -OCH3 is 2. The number of esters is 1. The van der Waals surface area contributed by atoms with E-state index in [0.29, 0.717) is 18.4 Å². The van der Waals surface area contributed by atoms with E-state index in [0.717, 1.165) is 19.3 Å². The van der Waals surface area contributed by atoms with Crippen LogP contribution in [0.15, 0.2) is 43.0 Å². The van der Waals surface area contributed by atoms with Crippen LogP contribution in [0, 0.1) is 5.92 Å². The van der Waals surface area contributed by atoms with Gasteiger partial charge in [0.25, 0.3) is 0 Å². The Morgan fingerprint density at radius 3 is 2.65 bits per heavy atom. The molecule has 2 rings (SSSR count). The van der Waals surface area contributed by atoms with E-state index in [-0.39, 0.29) is 5.92 Å². The molecule has 1 aromatic carbocycles. The van der Waals surface area contributed by atoms with Crippen molar-refractivity contribution >= 4 is 5.97 Å². The summed E-state index contributed by atoms with van der Waals surface area (Å²) >= 11 is 0. The molecule has 0 bridgehead atoms. The van der Waals surface area contributed by atoms with Gasteiger partial charge in [-0.1, -0.05) is 49.2 Å². The van der Waals surface area contributed by atoms with Gasteiger partial charge >= 0.3 is 5.97 Å². The molecule has 0 amide bonds. The van der Waals surface area contributed by atoms with E-state index in [1.165, 1.54) is 7.11 Å². The van der Waals surface area contributed by atoms with Crippen molar-refractivity contribution in [3.8, 4) is 0 Å². The highest BCUT2D eigenvalue weighted by molar-refractivity contribution is 5.81. The highest BCUT2D eigenvalue weighted by atomic mass is 16.5. The van der Waals surface area contributed by atoms with E-state index in [1.54, 1.807) is 25.3 Å². The summed E-state index contributed by atoms with van der Waals surface area (Å²) < 4.78 is 10.8. The zero-order valence-electron chi connectivity index (χ0n) is 14.0. The maximum absolute atomic E-state index is 12.6. The van der Waals surface area contributed by atoms with Crippen LogP contribution in [0.5, 0.6) is 0 Å². The minimum atomic E-state index is -1.73. The van der Waals surface area contributed by atoms with Crippen LogP contribution in [-0.2, 0) is 19.9 Å². The van der Waals surface area contributed by atoms with Crippen LogP contribution in [0.3, 0.4) is 0 Å². The Morgan fingerprint density at radius 1 is 1.39 bits per heavy atom. The molecule has 0 unspecified atom stereocenters. The third-order valence-electron chi connectivity index (χ3n) is 5.09. The standard InChI is InChI=1S/C19H26O4/c1-4-13-18(23-3)14-9-8-12-16(18)19(21,17(20)22-2)15-10-6-5-7-11-15/h4-7,10-11,16,21H,1,8-9,12-14H2,2-3H3/t16-,18+,19+/m1/s1. The van der Waals surface area contributed by atoms with Crippen molar-refractivity contribution in [1.82, 2.24) is 0 Å². The minimum Gasteiger partial charge on any atom is -0.467 e. The van der Waals surface area contributed by atoms with Gasteiger partial charge in [0.1, 0.15) is 0 Å². The van der Waals surface area contributed by atoms with Gasteiger partial charge in [-0.05, 0) is 24.8 Å². The largest absolute Gasteiger partial charge is 0.467 e. The maximum Gasteiger partial charge on any atom is 0.342 e. The van der Waals surface area contributed by atoms with Crippen molar-refractivity contribution in [3.63, 3.8) is 0 Å². The van der Waals surface area contributed by atoms with Gasteiger partial charge in [-0.25, -0.2) is 4.79 Å². The molecule has 4 heteroatoms. The first kappa shape index (κ1) is 17.7. The highest BCUT2D eigenvalue weighted by Gasteiger charge is 2.56. The molecule has 0 radical (unpaired) electrons. The summed E-state index contributed by atoms with van der Waals surface area (Å²) in [7, 11) is 2.95. The molecule has 1 aliphatic rings. The molecule has 1 N–H and O–H groups in total. The molecule has 23 heavy (non-hydrogen) atoms. The number of hydrogen-bond acceptors (Lipinski definition) is 4. The molecule has 3 atom stereocenters. The van der Waals surface area contributed by atoms with Crippen LogP contribution >= 0.6 is 0 Å². The molecule has 1 fully saturated rings. The van der Waals surface area contributed by atoms with E-state index in [1.807, 2.05) is 18.2 Å². The van der Waals surface area contributed by atoms with E-state index in [4.69, 9.17) is 9.47 Å². The fourth-order valence-corrected chi connectivity index (χ4v) is 3.92. The fraction of sp³-hybridized carbons (Fsp3) is 0.526. The van der Waals surface area contributed by atoms with Gasteiger partial charge in [-0.15, -0.1) is 6.58 Å². The van der Waals surface area contributed by atoms with Crippen molar-refractivity contribution < 1.29 is 19.4 Å². The second-order valence-electron chi connectivity index (χ2n) is 6.18. The van der Waals surface area contributed by atoms with Crippen LogP contribution in [0.1, 0.15) is 37.7 Å². The number of hydrogen-bond donors (Lipinski definition) is 1.